The Kier molecular flexibility index (Phi) is 6.34. The topological polar surface area (TPSA) is 47.9 Å². The SMILES string of the molecule is Cc1ccc(C2=N/C(=C\c3ccccc3OCc3ccc(Br)cc3)C(=O)O2)cc1I. The lowest BCUT2D eigenvalue weighted by Gasteiger charge is -2.09. The third-order valence-electron chi connectivity index (χ3n) is 4.56. The molecule has 3 aromatic rings. The van der Waals surface area contributed by atoms with E-state index < -0.39 is 5.97 Å². The van der Waals surface area contributed by atoms with Gasteiger partial charge in [-0.05, 0) is 77.0 Å². The molecule has 0 aromatic heterocycles. The summed E-state index contributed by atoms with van der Waals surface area (Å²) in [6.45, 7) is 2.46. The minimum atomic E-state index is -0.469. The van der Waals surface area contributed by atoms with Crippen molar-refractivity contribution in [3.63, 3.8) is 0 Å². The summed E-state index contributed by atoms with van der Waals surface area (Å²) in [6.07, 6.45) is 1.70. The summed E-state index contributed by atoms with van der Waals surface area (Å²) in [7, 11) is 0. The van der Waals surface area contributed by atoms with E-state index in [1.54, 1.807) is 6.08 Å². The maximum absolute atomic E-state index is 12.4. The van der Waals surface area contributed by atoms with Crippen LogP contribution in [0, 0.1) is 10.5 Å². The summed E-state index contributed by atoms with van der Waals surface area (Å²) < 4.78 is 13.5. The smallest absolute Gasteiger partial charge is 0.363 e. The first-order valence-corrected chi connectivity index (χ1v) is 11.1. The lowest BCUT2D eigenvalue weighted by atomic mass is 10.1. The molecular weight excluding hydrogens is 557 g/mol. The van der Waals surface area contributed by atoms with Gasteiger partial charge in [0, 0.05) is 19.2 Å². The molecule has 0 bridgehead atoms. The van der Waals surface area contributed by atoms with Gasteiger partial charge in [0.25, 0.3) is 0 Å². The summed E-state index contributed by atoms with van der Waals surface area (Å²) >= 11 is 5.69. The number of carbonyl (C=O) groups is 1. The number of rotatable bonds is 5. The molecule has 0 radical (unpaired) electrons. The van der Waals surface area contributed by atoms with E-state index in [0.717, 1.165) is 30.3 Å². The van der Waals surface area contributed by atoms with Crippen LogP contribution in [0.15, 0.2) is 81.9 Å². The van der Waals surface area contributed by atoms with E-state index in [1.165, 1.54) is 0 Å². The Bertz CT molecular complexity index is 1170. The fourth-order valence-electron chi connectivity index (χ4n) is 2.88. The van der Waals surface area contributed by atoms with Crippen molar-refractivity contribution in [2.24, 2.45) is 4.99 Å². The third kappa shape index (κ3) is 4.82. The Balaban J connectivity index is 1.58. The molecular formula is C24H17BrINO3. The van der Waals surface area contributed by atoms with Gasteiger partial charge in [-0.3, -0.25) is 0 Å². The average molecular weight is 574 g/mol. The number of aliphatic imine (C=N–C) groups is 1. The van der Waals surface area contributed by atoms with Crippen LogP contribution in [-0.2, 0) is 16.1 Å². The van der Waals surface area contributed by atoms with Gasteiger partial charge in [-0.25, -0.2) is 9.79 Å². The molecule has 6 heteroatoms. The average Bonchev–Trinajstić information content (AvgIpc) is 3.11. The minimum Gasteiger partial charge on any atom is -0.488 e. The molecule has 4 nitrogen and oxygen atoms in total. The van der Waals surface area contributed by atoms with Crippen molar-refractivity contribution in [2.45, 2.75) is 13.5 Å². The predicted molar refractivity (Wildman–Crippen MR) is 129 cm³/mol. The number of nitrogens with zero attached hydrogens (tertiary/aromatic N) is 1. The molecule has 0 fully saturated rings. The monoisotopic (exact) mass is 573 g/mol. The molecule has 150 valence electrons. The van der Waals surface area contributed by atoms with E-state index in [1.807, 2.05) is 73.7 Å². The van der Waals surface area contributed by atoms with Gasteiger partial charge in [-0.15, -0.1) is 0 Å². The summed E-state index contributed by atoms with van der Waals surface area (Å²) in [5.74, 6) is 0.523. The van der Waals surface area contributed by atoms with Gasteiger partial charge in [-0.1, -0.05) is 52.3 Å². The highest BCUT2D eigenvalue weighted by Gasteiger charge is 2.24. The largest absolute Gasteiger partial charge is 0.488 e. The number of carbonyl (C=O) groups excluding carboxylic acids is 1. The number of hydrogen-bond acceptors (Lipinski definition) is 4. The summed E-state index contributed by atoms with van der Waals surface area (Å²) in [5, 5.41) is 0. The molecule has 1 aliphatic rings. The van der Waals surface area contributed by atoms with E-state index in [-0.39, 0.29) is 5.70 Å². The van der Waals surface area contributed by atoms with Crippen LogP contribution in [0.2, 0.25) is 0 Å². The zero-order valence-corrected chi connectivity index (χ0v) is 19.8. The summed E-state index contributed by atoms with van der Waals surface area (Å²) in [5.41, 5.74) is 4.01. The fraction of sp³-hybridized carbons (Fsp3) is 0.0833. The Labute approximate surface area is 196 Å². The van der Waals surface area contributed by atoms with Crippen molar-refractivity contribution in [2.75, 3.05) is 0 Å². The molecule has 1 aliphatic heterocycles. The van der Waals surface area contributed by atoms with Crippen LogP contribution in [0.4, 0.5) is 0 Å². The molecule has 0 atom stereocenters. The molecule has 0 aliphatic carbocycles. The van der Waals surface area contributed by atoms with Crippen molar-refractivity contribution in [3.8, 4) is 5.75 Å². The Morgan fingerprint density at radius 3 is 2.63 bits per heavy atom. The van der Waals surface area contributed by atoms with Crippen LogP contribution < -0.4 is 4.74 Å². The van der Waals surface area contributed by atoms with Gasteiger partial charge in [0.2, 0.25) is 5.90 Å². The zero-order valence-electron chi connectivity index (χ0n) is 16.1. The fourth-order valence-corrected chi connectivity index (χ4v) is 3.66. The highest BCUT2D eigenvalue weighted by Crippen LogP contribution is 2.26. The van der Waals surface area contributed by atoms with Crippen LogP contribution in [0.5, 0.6) is 5.75 Å². The molecule has 0 saturated heterocycles. The number of cyclic esters (lactones) is 1. The van der Waals surface area contributed by atoms with E-state index in [0.29, 0.717) is 18.3 Å². The molecule has 4 rings (SSSR count). The van der Waals surface area contributed by atoms with E-state index in [9.17, 15) is 4.79 Å². The lowest BCUT2D eigenvalue weighted by Crippen LogP contribution is -2.05. The number of hydrogen-bond donors (Lipinski definition) is 0. The van der Waals surface area contributed by atoms with Gasteiger partial charge in [0.15, 0.2) is 5.70 Å². The maximum Gasteiger partial charge on any atom is 0.363 e. The molecule has 1 heterocycles. The molecule has 0 unspecified atom stereocenters. The van der Waals surface area contributed by atoms with Crippen molar-refractivity contribution in [3.05, 3.63) is 103 Å². The van der Waals surface area contributed by atoms with Gasteiger partial charge in [-0.2, -0.15) is 0 Å². The van der Waals surface area contributed by atoms with Crippen LogP contribution in [-0.4, -0.2) is 11.9 Å². The Morgan fingerprint density at radius 1 is 1.10 bits per heavy atom. The number of ether oxygens (including phenoxy) is 2. The Hall–Kier alpha value is -2.45. The number of aryl methyl sites for hydroxylation is 1. The highest BCUT2D eigenvalue weighted by molar-refractivity contribution is 14.1. The minimum absolute atomic E-state index is 0.250. The molecule has 0 amide bonds. The molecule has 30 heavy (non-hydrogen) atoms. The first-order valence-electron chi connectivity index (χ1n) is 9.25. The summed E-state index contributed by atoms with van der Waals surface area (Å²) in [4.78, 5) is 16.8. The van der Waals surface area contributed by atoms with Crippen LogP contribution >= 0.6 is 38.5 Å². The molecule has 0 saturated carbocycles. The number of esters is 1. The van der Waals surface area contributed by atoms with Gasteiger partial charge < -0.3 is 9.47 Å². The van der Waals surface area contributed by atoms with Crippen LogP contribution in [0.3, 0.4) is 0 Å². The standard InChI is InChI=1S/C24H17BrINO3/c1-15-6-9-18(12-20(15)26)23-27-21(24(28)30-23)13-17-4-2-3-5-22(17)29-14-16-7-10-19(25)11-8-16/h2-13H,14H2,1H3/b21-13-. The predicted octanol–water partition coefficient (Wildman–Crippen LogP) is 6.29. The highest BCUT2D eigenvalue weighted by atomic mass is 127. The van der Waals surface area contributed by atoms with E-state index in [2.05, 4.69) is 43.5 Å². The van der Waals surface area contributed by atoms with Crippen molar-refractivity contribution in [1.82, 2.24) is 0 Å². The quantitative estimate of drug-likeness (QED) is 0.205. The second kappa shape index (κ2) is 9.14. The lowest BCUT2D eigenvalue weighted by molar-refractivity contribution is -0.129. The van der Waals surface area contributed by atoms with Gasteiger partial charge in [0.05, 0.1) is 0 Å². The first kappa shape index (κ1) is 20.8. The number of benzene rings is 3. The van der Waals surface area contributed by atoms with Crippen molar-refractivity contribution < 1.29 is 14.3 Å². The second-order valence-corrected chi connectivity index (χ2v) is 8.83. The van der Waals surface area contributed by atoms with Crippen LogP contribution in [0.25, 0.3) is 6.08 Å². The van der Waals surface area contributed by atoms with Crippen molar-refractivity contribution in [1.29, 1.82) is 0 Å². The molecule has 0 spiro atoms. The normalized spacial score (nSPS) is 14.6. The van der Waals surface area contributed by atoms with E-state index in [4.69, 9.17) is 9.47 Å². The van der Waals surface area contributed by atoms with Crippen LogP contribution in [0.1, 0.15) is 22.3 Å². The molecule has 0 N–H and O–H groups in total. The zero-order chi connectivity index (χ0) is 21.1. The summed E-state index contributed by atoms with van der Waals surface area (Å²) in [6, 6.07) is 21.4. The molecule has 3 aromatic carbocycles. The van der Waals surface area contributed by atoms with Gasteiger partial charge in [0.1, 0.15) is 12.4 Å². The number of halogens is 2. The van der Waals surface area contributed by atoms with Crippen molar-refractivity contribution >= 4 is 56.5 Å². The number of para-hydroxylation sites is 1. The second-order valence-electron chi connectivity index (χ2n) is 6.75. The Morgan fingerprint density at radius 2 is 1.87 bits per heavy atom. The maximum atomic E-state index is 12.4. The third-order valence-corrected chi connectivity index (χ3v) is 6.25. The van der Waals surface area contributed by atoms with Gasteiger partial charge >= 0.3 is 5.97 Å². The van der Waals surface area contributed by atoms with E-state index >= 15 is 0 Å². The first-order chi connectivity index (χ1) is 14.5.